The first-order valence-corrected chi connectivity index (χ1v) is 11.5. The summed E-state index contributed by atoms with van der Waals surface area (Å²) in [6.45, 7) is 1.96. The third kappa shape index (κ3) is 3.39. The molecule has 0 saturated heterocycles. The molecule has 1 aliphatic heterocycles. The van der Waals surface area contributed by atoms with Gasteiger partial charge in [-0.25, -0.2) is 9.37 Å². The Kier molecular flexibility index (Phi) is 5.07. The summed E-state index contributed by atoms with van der Waals surface area (Å²) >= 11 is 3.15. The number of nitrogens with zero attached hydrogens (tertiary/aromatic N) is 4. The van der Waals surface area contributed by atoms with Crippen LogP contribution in [0.3, 0.4) is 0 Å². The molecule has 1 aliphatic rings. The van der Waals surface area contributed by atoms with Gasteiger partial charge in [0.05, 0.1) is 26.8 Å². The molecular weight excluding hydrogens is 447 g/mol. The predicted molar refractivity (Wildman–Crippen MR) is 126 cm³/mol. The van der Waals surface area contributed by atoms with E-state index < -0.39 is 12.0 Å². The minimum atomic E-state index is -0.471. The smallest absolute Gasteiger partial charge is 0.262 e. The molecule has 0 aliphatic carbocycles. The highest BCUT2D eigenvalue weighted by Gasteiger charge is 2.39. The second-order valence-electron chi connectivity index (χ2n) is 7.38. The van der Waals surface area contributed by atoms with Crippen molar-refractivity contribution in [1.82, 2.24) is 4.98 Å². The summed E-state index contributed by atoms with van der Waals surface area (Å²) in [5.74, 6) is -0.782. The van der Waals surface area contributed by atoms with Crippen molar-refractivity contribution >= 4 is 45.6 Å². The number of benzene rings is 2. The van der Waals surface area contributed by atoms with Crippen LogP contribution in [0.1, 0.15) is 26.4 Å². The van der Waals surface area contributed by atoms with Crippen LogP contribution < -0.4 is 9.80 Å². The van der Waals surface area contributed by atoms with E-state index in [0.29, 0.717) is 11.4 Å². The SMILES string of the molecule is Cc1nc(-c2ccc(C3N(C)c4ccc(F)cc4C(=O)N3c3ccc(N=O)cc3)s2)cs1. The van der Waals surface area contributed by atoms with Gasteiger partial charge in [-0.3, -0.25) is 9.69 Å². The van der Waals surface area contributed by atoms with Gasteiger partial charge >= 0.3 is 0 Å². The topological polar surface area (TPSA) is 65.9 Å². The molecule has 0 spiro atoms. The average Bonchev–Trinajstić information content (AvgIpc) is 3.45. The Morgan fingerprint density at radius 1 is 1.09 bits per heavy atom. The van der Waals surface area contributed by atoms with E-state index in [0.717, 1.165) is 20.5 Å². The van der Waals surface area contributed by atoms with E-state index in [4.69, 9.17) is 0 Å². The van der Waals surface area contributed by atoms with Gasteiger partial charge < -0.3 is 4.90 Å². The lowest BCUT2D eigenvalue weighted by Crippen LogP contribution is -2.48. The molecule has 1 unspecified atom stereocenters. The van der Waals surface area contributed by atoms with Gasteiger partial charge in [-0.1, -0.05) is 0 Å². The number of aromatic nitrogens is 1. The molecule has 0 fully saturated rings. The summed E-state index contributed by atoms with van der Waals surface area (Å²) in [5.41, 5.74) is 2.71. The van der Waals surface area contributed by atoms with E-state index in [1.54, 1.807) is 57.9 Å². The molecule has 5 rings (SSSR count). The molecule has 0 saturated carbocycles. The van der Waals surface area contributed by atoms with E-state index in [9.17, 15) is 14.1 Å². The fraction of sp³-hybridized carbons (Fsp3) is 0.130. The standard InChI is InChI=1S/C23H17FN4O2S2/c1-13-25-18(12-31-13)20-9-10-21(32-20)22-27(2)19-8-3-14(24)11-17(19)23(29)28(22)16-6-4-15(26-30)5-7-16/h3-12,22H,1-2H3. The zero-order valence-corrected chi connectivity index (χ0v) is 18.8. The van der Waals surface area contributed by atoms with Crippen molar-refractivity contribution in [2.75, 3.05) is 16.8 Å². The van der Waals surface area contributed by atoms with Crippen LogP contribution in [-0.2, 0) is 0 Å². The molecule has 6 nitrogen and oxygen atoms in total. The van der Waals surface area contributed by atoms with E-state index in [-0.39, 0.29) is 17.2 Å². The minimum absolute atomic E-state index is 0.270. The van der Waals surface area contributed by atoms with Crippen LogP contribution >= 0.6 is 22.7 Å². The van der Waals surface area contributed by atoms with Gasteiger partial charge in [-0.05, 0) is 66.7 Å². The maximum atomic E-state index is 14.0. The number of amides is 1. The van der Waals surface area contributed by atoms with Gasteiger partial charge in [0.15, 0.2) is 0 Å². The van der Waals surface area contributed by atoms with Crippen molar-refractivity contribution in [1.29, 1.82) is 0 Å². The summed E-state index contributed by atoms with van der Waals surface area (Å²) in [6.07, 6.45) is -0.450. The monoisotopic (exact) mass is 464 g/mol. The van der Waals surface area contributed by atoms with Gasteiger partial charge in [-0.2, -0.15) is 0 Å². The molecule has 0 radical (unpaired) electrons. The van der Waals surface area contributed by atoms with Crippen LogP contribution in [0, 0.1) is 17.6 Å². The second kappa shape index (κ2) is 7.92. The number of halogens is 1. The number of thiophene rings is 1. The van der Waals surface area contributed by atoms with Gasteiger partial charge in [-0.15, -0.1) is 27.6 Å². The van der Waals surface area contributed by atoms with Crippen LogP contribution in [0.25, 0.3) is 10.6 Å². The fourth-order valence-electron chi connectivity index (χ4n) is 3.89. The third-order valence-electron chi connectivity index (χ3n) is 5.39. The molecular formula is C23H17FN4O2S2. The van der Waals surface area contributed by atoms with Gasteiger partial charge in [0, 0.05) is 23.0 Å². The summed E-state index contributed by atoms with van der Waals surface area (Å²) in [7, 11) is 1.88. The molecule has 32 heavy (non-hydrogen) atoms. The number of thiazole rings is 1. The Labute approximate surface area is 191 Å². The van der Waals surface area contributed by atoms with Crippen LogP contribution in [0.5, 0.6) is 0 Å². The Morgan fingerprint density at radius 2 is 1.88 bits per heavy atom. The molecule has 0 bridgehead atoms. The van der Waals surface area contributed by atoms with Crippen molar-refractivity contribution in [2.24, 2.45) is 5.18 Å². The molecule has 2 aromatic carbocycles. The number of carbonyl (C=O) groups is 1. The predicted octanol–water partition coefficient (Wildman–Crippen LogP) is 6.51. The number of carbonyl (C=O) groups excluding carboxylic acids is 1. The largest absolute Gasteiger partial charge is 0.349 e. The van der Waals surface area contributed by atoms with Crippen LogP contribution in [0.4, 0.5) is 21.5 Å². The second-order valence-corrected chi connectivity index (χ2v) is 9.56. The molecule has 4 aromatic rings. The minimum Gasteiger partial charge on any atom is -0.349 e. The van der Waals surface area contributed by atoms with Crippen molar-refractivity contribution < 1.29 is 9.18 Å². The van der Waals surface area contributed by atoms with Crippen molar-refractivity contribution in [3.8, 4) is 10.6 Å². The number of anilines is 2. The number of rotatable bonds is 4. The molecule has 0 N–H and O–H groups in total. The summed E-state index contributed by atoms with van der Waals surface area (Å²) in [6, 6.07) is 14.7. The first-order valence-electron chi connectivity index (χ1n) is 9.78. The average molecular weight is 465 g/mol. The van der Waals surface area contributed by atoms with E-state index in [1.807, 2.05) is 36.4 Å². The number of aryl methyl sites for hydroxylation is 1. The van der Waals surface area contributed by atoms with Crippen molar-refractivity contribution in [2.45, 2.75) is 13.1 Å². The number of hydrogen-bond acceptors (Lipinski definition) is 7. The fourth-order valence-corrected chi connectivity index (χ4v) is 5.68. The lowest BCUT2D eigenvalue weighted by Gasteiger charge is -2.43. The Hall–Kier alpha value is -3.43. The van der Waals surface area contributed by atoms with Gasteiger partial charge in [0.2, 0.25) is 0 Å². The molecule has 2 aromatic heterocycles. The zero-order valence-electron chi connectivity index (χ0n) is 17.2. The van der Waals surface area contributed by atoms with Crippen LogP contribution in [0.15, 0.2) is 65.2 Å². The highest BCUT2D eigenvalue weighted by molar-refractivity contribution is 7.16. The first kappa shape index (κ1) is 20.5. The molecule has 1 atom stereocenters. The van der Waals surface area contributed by atoms with Crippen LogP contribution in [-0.4, -0.2) is 17.9 Å². The number of fused-ring (bicyclic) bond motifs is 1. The van der Waals surface area contributed by atoms with Crippen molar-refractivity contribution in [3.63, 3.8) is 0 Å². The van der Waals surface area contributed by atoms with Crippen LogP contribution in [0.2, 0.25) is 0 Å². The summed E-state index contributed by atoms with van der Waals surface area (Å²) in [5, 5.41) is 5.94. The highest BCUT2D eigenvalue weighted by atomic mass is 32.1. The quantitative estimate of drug-likeness (QED) is 0.323. The number of hydrogen-bond donors (Lipinski definition) is 0. The molecule has 160 valence electrons. The zero-order chi connectivity index (χ0) is 22.4. The lowest BCUT2D eigenvalue weighted by atomic mass is 10.0. The molecule has 9 heteroatoms. The lowest BCUT2D eigenvalue weighted by molar-refractivity contribution is 0.0969. The van der Waals surface area contributed by atoms with Gasteiger partial charge in [0.25, 0.3) is 5.91 Å². The molecule has 1 amide bonds. The summed E-state index contributed by atoms with van der Waals surface area (Å²) < 4.78 is 14.0. The van der Waals surface area contributed by atoms with E-state index in [2.05, 4.69) is 10.2 Å². The molecule has 3 heterocycles. The Balaban J connectivity index is 1.65. The van der Waals surface area contributed by atoms with E-state index >= 15 is 0 Å². The maximum Gasteiger partial charge on any atom is 0.262 e. The Morgan fingerprint density at radius 3 is 2.56 bits per heavy atom. The van der Waals surface area contributed by atoms with Crippen molar-refractivity contribution in [3.05, 3.63) is 86.1 Å². The number of nitroso groups, excluding NO2 is 1. The summed E-state index contributed by atoms with van der Waals surface area (Å²) in [4.78, 5) is 34.5. The highest BCUT2D eigenvalue weighted by Crippen LogP contribution is 2.44. The maximum absolute atomic E-state index is 14.0. The Bertz CT molecular complexity index is 1330. The first-order chi connectivity index (χ1) is 15.5. The normalized spacial score (nSPS) is 15.7. The third-order valence-corrected chi connectivity index (χ3v) is 7.31. The van der Waals surface area contributed by atoms with E-state index in [1.165, 1.54) is 12.1 Å². The van der Waals surface area contributed by atoms with Gasteiger partial charge in [0.1, 0.15) is 17.7 Å².